The van der Waals surface area contributed by atoms with Crippen molar-refractivity contribution in [2.75, 3.05) is 5.43 Å². The van der Waals surface area contributed by atoms with Crippen molar-refractivity contribution in [3.8, 4) is 0 Å². The standard InChI is InChI=1S/C13H14BrN3OS/c1-8-2-3-10-11(7-19-12(10)4-8)13(18)16-17-6-9(14)5-15-17/h5-8H,2-4H2,1H3,(H,16,18)/t8-/m1/s1. The first-order valence-corrected chi connectivity index (χ1v) is 7.91. The third kappa shape index (κ3) is 2.60. The summed E-state index contributed by atoms with van der Waals surface area (Å²) in [5.41, 5.74) is 4.80. The summed E-state index contributed by atoms with van der Waals surface area (Å²) in [6.07, 6.45) is 6.63. The van der Waals surface area contributed by atoms with Gasteiger partial charge in [0.25, 0.3) is 5.91 Å². The monoisotopic (exact) mass is 339 g/mol. The minimum Gasteiger partial charge on any atom is -0.267 e. The number of nitrogens with one attached hydrogen (secondary N) is 1. The molecule has 0 spiro atoms. The minimum atomic E-state index is -0.0809. The maximum Gasteiger partial charge on any atom is 0.272 e. The number of thiophene rings is 1. The van der Waals surface area contributed by atoms with Crippen molar-refractivity contribution in [2.45, 2.75) is 26.2 Å². The molecule has 6 heteroatoms. The molecule has 1 aliphatic rings. The average molecular weight is 340 g/mol. The molecule has 1 atom stereocenters. The van der Waals surface area contributed by atoms with Gasteiger partial charge in [0.1, 0.15) is 0 Å². The largest absolute Gasteiger partial charge is 0.272 e. The first-order valence-electron chi connectivity index (χ1n) is 6.24. The number of amides is 1. The summed E-state index contributed by atoms with van der Waals surface area (Å²) in [5, 5.41) is 6.00. The van der Waals surface area contributed by atoms with E-state index in [0.717, 1.165) is 35.2 Å². The molecule has 2 aromatic rings. The first kappa shape index (κ1) is 12.9. The van der Waals surface area contributed by atoms with E-state index in [4.69, 9.17) is 0 Å². The van der Waals surface area contributed by atoms with Crippen LogP contribution in [0.5, 0.6) is 0 Å². The van der Waals surface area contributed by atoms with E-state index in [9.17, 15) is 4.79 Å². The molecule has 100 valence electrons. The molecule has 0 fully saturated rings. The van der Waals surface area contributed by atoms with Gasteiger partial charge < -0.3 is 0 Å². The zero-order valence-corrected chi connectivity index (χ0v) is 12.9. The molecule has 1 amide bonds. The summed E-state index contributed by atoms with van der Waals surface area (Å²) >= 11 is 5.00. The fourth-order valence-electron chi connectivity index (χ4n) is 2.39. The quantitative estimate of drug-likeness (QED) is 0.913. The summed E-state index contributed by atoms with van der Waals surface area (Å²) < 4.78 is 0.842. The van der Waals surface area contributed by atoms with Crippen LogP contribution >= 0.6 is 27.3 Å². The number of fused-ring (bicyclic) bond motifs is 1. The zero-order chi connectivity index (χ0) is 13.4. The lowest BCUT2D eigenvalue weighted by Gasteiger charge is -2.18. The summed E-state index contributed by atoms with van der Waals surface area (Å²) in [5.74, 6) is 0.645. The van der Waals surface area contributed by atoms with Crippen molar-refractivity contribution >= 4 is 33.2 Å². The van der Waals surface area contributed by atoms with Gasteiger partial charge in [-0.2, -0.15) is 9.89 Å². The van der Waals surface area contributed by atoms with Gasteiger partial charge >= 0.3 is 0 Å². The molecule has 0 saturated carbocycles. The Morgan fingerprint density at radius 1 is 1.63 bits per heavy atom. The number of nitrogens with zero attached hydrogens (tertiary/aromatic N) is 2. The van der Waals surface area contributed by atoms with E-state index in [2.05, 4.69) is 33.4 Å². The van der Waals surface area contributed by atoms with Gasteiger partial charge in [0.15, 0.2) is 0 Å². The second kappa shape index (κ2) is 5.09. The molecule has 0 aromatic carbocycles. The van der Waals surface area contributed by atoms with Crippen LogP contribution in [0.15, 0.2) is 22.2 Å². The van der Waals surface area contributed by atoms with Crippen LogP contribution in [0.4, 0.5) is 0 Å². The molecule has 0 aliphatic heterocycles. The van der Waals surface area contributed by atoms with Gasteiger partial charge in [-0.3, -0.25) is 4.79 Å². The SMILES string of the molecule is C[C@@H]1CCc2c(C(=O)Nn3cc(Br)cn3)csc2C1. The van der Waals surface area contributed by atoms with Crippen molar-refractivity contribution in [1.29, 1.82) is 0 Å². The van der Waals surface area contributed by atoms with Crippen LogP contribution in [-0.4, -0.2) is 15.8 Å². The fraction of sp³-hybridized carbons (Fsp3) is 0.385. The molecule has 1 aliphatic carbocycles. The van der Waals surface area contributed by atoms with E-state index in [1.807, 2.05) is 5.38 Å². The molecule has 0 saturated heterocycles. The Hall–Kier alpha value is -1.14. The third-order valence-corrected chi connectivity index (χ3v) is 4.87. The highest BCUT2D eigenvalue weighted by Gasteiger charge is 2.23. The summed E-state index contributed by atoms with van der Waals surface area (Å²) in [7, 11) is 0. The predicted molar refractivity (Wildman–Crippen MR) is 79.1 cm³/mol. The number of aromatic nitrogens is 2. The summed E-state index contributed by atoms with van der Waals surface area (Å²) in [4.78, 5) is 15.1. The molecule has 3 rings (SSSR count). The third-order valence-electron chi connectivity index (χ3n) is 3.41. The molecule has 4 nitrogen and oxygen atoms in total. The lowest BCUT2D eigenvalue weighted by atomic mass is 9.88. The Labute approximate surface area is 123 Å². The summed E-state index contributed by atoms with van der Waals surface area (Å²) in [6.45, 7) is 2.27. The summed E-state index contributed by atoms with van der Waals surface area (Å²) in [6, 6.07) is 0. The lowest BCUT2D eigenvalue weighted by molar-refractivity contribution is 0.100. The van der Waals surface area contributed by atoms with Crippen molar-refractivity contribution < 1.29 is 4.79 Å². The Morgan fingerprint density at radius 2 is 2.47 bits per heavy atom. The molecule has 0 bridgehead atoms. The van der Waals surface area contributed by atoms with Crippen molar-refractivity contribution in [3.63, 3.8) is 0 Å². The number of carbonyl (C=O) groups excluding carboxylic acids is 1. The van der Waals surface area contributed by atoms with Gasteiger partial charge in [0, 0.05) is 10.3 Å². The Bertz CT molecular complexity index is 619. The van der Waals surface area contributed by atoms with E-state index >= 15 is 0 Å². The second-order valence-corrected chi connectivity index (χ2v) is 6.82. The van der Waals surface area contributed by atoms with Gasteiger partial charge in [0.05, 0.1) is 22.4 Å². The number of halogens is 1. The lowest BCUT2D eigenvalue weighted by Crippen LogP contribution is -2.24. The van der Waals surface area contributed by atoms with Crippen LogP contribution in [0, 0.1) is 5.92 Å². The van der Waals surface area contributed by atoms with E-state index < -0.39 is 0 Å². The van der Waals surface area contributed by atoms with Crippen LogP contribution < -0.4 is 5.43 Å². The van der Waals surface area contributed by atoms with Crippen LogP contribution in [0.1, 0.15) is 34.1 Å². The molecular weight excluding hydrogens is 326 g/mol. The smallest absolute Gasteiger partial charge is 0.267 e. The predicted octanol–water partition coefficient (Wildman–Crippen LogP) is 3.22. The van der Waals surface area contributed by atoms with Crippen molar-refractivity contribution in [3.05, 3.63) is 38.3 Å². The van der Waals surface area contributed by atoms with E-state index in [1.54, 1.807) is 23.7 Å². The number of hydrogen-bond donors (Lipinski definition) is 1. The molecule has 0 radical (unpaired) electrons. The van der Waals surface area contributed by atoms with E-state index in [0.29, 0.717) is 0 Å². The Balaban J connectivity index is 1.81. The van der Waals surface area contributed by atoms with Crippen LogP contribution in [0.3, 0.4) is 0 Å². The van der Waals surface area contributed by atoms with Gasteiger partial charge in [-0.25, -0.2) is 5.43 Å². The van der Waals surface area contributed by atoms with Gasteiger partial charge in [-0.15, -0.1) is 11.3 Å². The fourth-order valence-corrected chi connectivity index (χ4v) is 3.92. The zero-order valence-electron chi connectivity index (χ0n) is 10.5. The molecule has 2 heterocycles. The van der Waals surface area contributed by atoms with Crippen LogP contribution in [-0.2, 0) is 12.8 Å². The van der Waals surface area contributed by atoms with Gasteiger partial charge in [-0.05, 0) is 46.7 Å². The molecule has 0 unspecified atom stereocenters. The second-order valence-electron chi connectivity index (χ2n) is 4.94. The van der Waals surface area contributed by atoms with E-state index in [1.165, 1.54) is 15.2 Å². The topological polar surface area (TPSA) is 46.9 Å². The molecule has 19 heavy (non-hydrogen) atoms. The van der Waals surface area contributed by atoms with Crippen LogP contribution in [0.25, 0.3) is 0 Å². The normalized spacial score (nSPS) is 18.1. The number of hydrogen-bond acceptors (Lipinski definition) is 3. The Morgan fingerprint density at radius 3 is 3.21 bits per heavy atom. The highest BCUT2D eigenvalue weighted by molar-refractivity contribution is 9.10. The molecular formula is C13H14BrN3OS. The highest BCUT2D eigenvalue weighted by atomic mass is 79.9. The molecule has 2 aromatic heterocycles. The minimum absolute atomic E-state index is 0.0809. The maximum atomic E-state index is 12.3. The van der Waals surface area contributed by atoms with Crippen LogP contribution in [0.2, 0.25) is 0 Å². The van der Waals surface area contributed by atoms with Gasteiger partial charge in [0.2, 0.25) is 0 Å². The van der Waals surface area contributed by atoms with Crippen molar-refractivity contribution in [1.82, 2.24) is 9.89 Å². The van der Waals surface area contributed by atoms with Gasteiger partial charge in [-0.1, -0.05) is 6.92 Å². The Kier molecular flexibility index (Phi) is 3.45. The van der Waals surface area contributed by atoms with Crippen molar-refractivity contribution in [2.24, 2.45) is 5.92 Å². The number of rotatable bonds is 2. The average Bonchev–Trinajstić information content (AvgIpc) is 2.95. The molecule has 1 N–H and O–H groups in total. The number of carbonyl (C=O) groups is 1. The first-order chi connectivity index (χ1) is 9.13. The van der Waals surface area contributed by atoms with E-state index in [-0.39, 0.29) is 5.91 Å². The highest BCUT2D eigenvalue weighted by Crippen LogP contribution is 2.32. The maximum absolute atomic E-state index is 12.3.